The molecule has 72 valence electrons. The number of methoxy groups -OCH3 is 1. The zero-order chi connectivity index (χ0) is 9.84. The maximum absolute atomic E-state index is 13.3. The Labute approximate surface area is 76.5 Å². The molecule has 4 N–H and O–H groups in total. The van der Waals surface area contributed by atoms with Gasteiger partial charge in [0.1, 0.15) is 11.6 Å². The summed E-state index contributed by atoms with van der Waals surface area (Å²) in [4.78, 5) is 0. The van der Waals surface area contributed by atoms with Crippen molar-refractivity contribution in [2.45, 2.75) is 6.04 Å². The van der Waals surface area contributed by atoms with Crippen LogP contribution in [-0.4, -0.2) is 13.7 Å². The van der Waals surface area contributed by atoms with Crippen molar-refractivity contribution < 1.29 is 9.13 Å². The van der Waals surface area contributed by atoms with Crippen molar-refractivity contribution in [3.05, 3.63) is 29.6 Å². The molecule has 0 aliphatic rings. The number of ether oxygens (including phenoxy) is 1. The Hall–Kier alpha value is -1.13. The first-order valence-corrected chi connectivity index (χ1v) is 3.98. The molecule has 1 rings (SSSR count). The van der Waals surface area contributed by atoms with Gasteiger partial charge in [0.25, 0.3) is 0 Å². The van der Waals surface area contributed by atoms with Crippen LogP contribution in [0.1, 0.15) is 11.6 Å². The molecule has 0 fully saturated rings. The molecular formula is C9H13FN2O. The maximum Gasteiger partial charge on any atom is 0.131 e. The monoisotopic (exact) mass is 184 g/mol. The van der Waals surface area contributed by atoms with Gasteiger partial charge in [-0.25, -0.2) is 4.39 Å². The Kier molecular flexibility index (Phi) is 3.22. The molecule has 0 spiro atoms. The molecule has 13 heavy (non-hydrogen) atoms. The average Bonchev–Trinajstić information content (AvgIpc) is 2.16. The summed E-state index contributed by atoms with van der Waals surface area (Å²) in [5, 5.41) is 0. The molecule has 0 aliphatic carbocycles. The van der Waals surface area contributed by atoms with Crippen LogP contribution in [0, 0.1) is 5.82 Å². The molecule has 0 amide bonds. The third-order valence-corrected chi connectivity index (χ3v) is 1.86. The molecule has 0 aliphatic heterocycles. The highest BCUT2D eigenvalue weighted by Gasteiger charge is 2.14. The fourth-order valence-corrected chi connectivity index (χ4v) is 1.17. The van der Waals surface area contributed by atoms with Crippen molar-refractivity contribution in [3.63, 3.8) is 0 Å². The summed E-state index contributed by atoms with van der Waals surface area (Å²) in [7, 11) is 1.47. The summed E-state index contributed by atoms with van der Waals surface area (Å²) < 4.78 is 18.2. The minimum Gasteiger partial charge on any atom is -0.496 e. The van der Waals surface area contributed by atoms with Crippen molar-refractivity contribution in [3.8, 4) is 5.75 Å². The van der Waals surface area contributed by atoms with E-state index in [9.17, 15) is 4.39 Å². The Balaban J connectivity index is 3.14. The molecule has 0 radical (unpaired) electrons. The van der Waals surface area contributed by atoms with Gasteiger partial charge in [0.15, 0.2) is 0 Å². The molecular weight excluding hydrogens is 171 g/mol. The number of hydrogen-bond donors (Lipinski definition) is 2. The van der Waals surface area contributed by atoms with E-state index < -0.39 is 6.04 Å². The van der Waals surface area contributed by atoms with Gasteiger partial charge in [0, 0.05) is 18.2 Å². The van der Waals surface area contributed by atoms with E-state index in [1.54, 1.807) is 12.1 Å². The van der Waals surface area contributed by atoms with Gasteiger partial charge in [0.2, 0.25) is 0 Å². The molecule has 0 aromatic heterocycles. The largest absolute Gasteiger partial charge is 0.496 e. The van der Waals surface area contributed by atoms with Crippen LogP contribution in [0.2, 0.25) is 0 Å². The van der Waals surface area contributed by atoms with Crippen LogP contribution in [-0.2, 0) is 0 Å². The topological polar surface area (TPSA) is 61.3 Å². The van der Waals surface area contributed by atoms with Crippen LogP contribution >= 0.6 is 0 Å². The summed E-state index contributed by atoms with van der Waals surface area (Å²) in [6.07, 6.45) is 0. The summed E-state index contributed by atoms with van der Waals surface area (Å²) in [5.74, 6) is 0.0650. The molecule has 0 heterocycles. The molecule has 0 saturated carbocycles. The zero-order valence-corrected chi connectivity index (χ0v) is 7.46. The number of rotatable bonds is 3. The van der Waals surface area contributed by atoms with Crippen molar-refractivity contribution in [1.29, 1.82) is 0 Å². The minimum absolute atomic E-state index is 0.192. The lowest BCUT2D eigenvalue weighted by Gasteiger charge is -2.14. The highest BCUT2D eigenvalue weighted by atomic mass is 19.1. The standard InChI is InChI=1S/C9H13FN2O/c1-13-8-4-2-3-6(10)9(8)7(12)5-11/h2-4,7H,5,11-12H2,1H3. The number of nitrogens with two attached hydrogens (primary N) is 2. The lowest BCUT2D eigenvalue weighted by atomic mass is 10.1. The van der Waals surface area contributed by atoms with Crippen LogP contribution in [0.5, 0.6) is 5.75 Å². The highest BCUT2D eigenvalue weighted by molar-refractivity contribution is 5.37. The molecule has 1 aromatic rings. The van der Waals surface area contributed by atoms with E-state index in [1.165, 1.54) is 13.2 Å². The van der Waals surface area contributed by atoms with Gasteiger partial charge >= 0.3 is 0 Å². The Morgan fingerprint density at radius 2 is 2.23 bits per heavy atom. The Morgan fingerprint density at radius 1 is 1.54 bits per heavy atom. The fraction of sp³-hybridized carbons (Fsp3) is 0.333. The molecule has 1 unspecified atom stereocenters. The summed E-state index contributed by atoms with van der Waals surface area (Å²) in [6.45, 7) is 0.192. The van der Waals surface area contributed by atoms with E-state index in [-0.39, 0.29) is 12.4 Å². The van der Waals surface area contributed by atoms with Crippen molar-refractivity contribution in [2.24, 2.45) is 11.5 Å². The quantitative estimate of drug-likeness (QED) is 0.730. The van der Waals surface area contributed by atoms with E-state index in [1.807, 2.05) is 0 Å². The fourth-order valence-electron chi connectivity index (χ4n) is 1.17. The van der Waals surface area contributed by atoms with Gasteiger partial charge < -0.3 is 16.2 Å². The van der Waals surface area contributed by atoms with Crippen LogP contribution in [0.25, 0.3) is 0 Å². The smallest absolute Gasteiger partial charge is 0.131 e. The molecule has 1 atom stereocenters. The van der Waals surface area contributed by atoms with Crippen LogP contribution in [0.4, 0.5) is 4.39 Å². The number of halogens is 1. The second-order valence-electron chi connectivity index (χ2n) is 2.70. The lowest BCUT2D eigenvalue weighted by Crippen LogP contribution is -2.22. The predicted molar refractivity (Wildman–Crippen MR) is 48.9 cm³/mol. The second-order valence-corrected chi connectivity index (χ2v) is 2.70. The first-order valence-electron chi connectivity index (χ1n) is 3.98. The summed E-state index contributed by atoms with van der Waals surface area (Å²) >= 11 is 0. The third-order valence-electron chi connectivity index (χ3n) is 1.86. The van der Waals surface area contributed by atoms with Gasteiger partial charge in [-0.05, 0) is 12.1 Å². The van der Waals surface area contributed by atoms with Crippen molar-refractivity contribution in [1.82, 2.24) is 0 Å². The molecule has 4 heteroatoms. The van der Waals surface area contributed by atoms with Crippen LogP contribution in [0.3, 0.4) is 0 Å². The second kappa shape index (κ2) is 4.20. The molecule has 3 nitrogen and oxygen atoms in total. The number of benzene rings is 1. The Morgan fingerprint density at radius 3 is 2.77 bits per heavy atom. The first-order chi connectivity index (χ1) is 6.20. The van der Waals surface area contributed by atoms with Crippen LogP contribution < -0.4 is 16.2 Å². The normalized spacial score (nSPS) is 12.6. The third kappa shape index (κ3) is 1.96. The first kappa shape index (κ1) is 9.95. The van der Waals surface area contributed by atoms with Gasteiger partial charge in [-0.1, -0.05) is 6.07 Å². The Bertz CT molecular complexity index is 291. The minimum atomic E-state index is -0.517. The summed E-state index contributed by atoms with van der Waals surface area (Å²) in [6, 6.07) is 4.05. The SMILES string of the molecule is COc1cccc(F)c1C(N)CN. The number of hydrogen-bond acceptors (Lipinski definition) is 3. The zero-order valence-electron chi connectivity index (χ0n) is 7.46. The molecule has 0 bridgehead atoms. The maximum atomic E-state index is 13.3. The van der Waals surface area contributed by atoms with Gasteiger partial charge in [-0.3, -0.25) is 0 Å². The van der Waals surface area contributed by atoms with E-state index >= 15 is 0 Å². The molecule has 0 saturated heterocycles. The average molecular weight is 184 g/mol. The van der Waals surface area contributed by atoms with E-state index in [2.05, 4.69) is 0 Å². The van der Waals surface area contributed by atoms with Gasteiger partial charge in [-0.2, -0.15) is 0 Å². The van der Waals surface area contributed by atoms with E-state index in [0.717, 1.165) is 0 Å². The van der Waals surface area contributed by atoms with Gasteiger partial charge in [0.05, 0.1) is 7.11 Å². The lowest BCUT2D eigenvalue weighted by molar-refractivity contribution is 0.399. The van der Waals surface area contributed by atoms with Crippen molar-refractivity contribution in [2.75, 3.05) is 13.7 Å². The van der Waals surface area contributed by atoms with E-state index in [0.29, 0.717) is 11.3 Å². The van der Waals surface area contributed by atoms with Crippen molar-refractivity contribution >= 4 is 0 Å². The summed E-state index contributed by atoms with van der Waals surface area (Å²) in [5.41, 5.74) is 11.3. The highest BCUT2D eigenvalue weighted by Crippen LogP contribution is 2.25. The predicted octanol–water partition coefficient (Wildman–Crippen LogP) is 0.793. The van der Waals surface area contributed by atoms with Crippen LogP contribution in [0.15, 0.2) is 18.2 Å². The van der Waals surface area contributed by atoms with Gasteiger partial charge in [-0.15, -0.1) is 0 Å². The molecule has 1 aromatic carbocycles. The van der Waals surface area contributed by atoms with E-state index in [4.69, 9.17) is 16.2 Å².